The highest BCUT2D eigenvalue weighted by Crippen LogP contribution is 2.35. The standard InChI is InChI=1S/C20H22ClNO5/c1-26-17-7-6-13(10-15(17)20(24)25)11-22-8-9-27-18(12-23)19(22)14-4-2-3-5-16(14)21/h2-7,10,18-19,23H,8-9,11-12H2,1H3,(H,24,25)/t18-,19-/m0/s1. The lowest BCUT2D eigenvalue weighted by Crippen LogP contribution is -2.46. The van der Waals surface area contributed by atoms with E-state index in [2.05, 4.69) is 4.90 Å². The topological polar surface area (TPSA) is 79.2 Å². The Balaban J connectivity index is 1.93. The van der Waals surface area contributed by atoms with Crippen LogP contribution in [0.5, 0.6) is 5.75 Å². The number of nitrogens with zero attached hydrogens (tertiary/aromatic N) is 1. The van der Waals surface area contributed by atoms with E-state index in [1.165, 1.54) is 7.11 Å². The van der Waals surface area contributed by atoms with Crippen LogP contribution >= 0.6 is 11.6 Å². The fourth-order valence-corrected chi connectivity index (χ4v) is 3.73. The van der Waals surface area contributed by atoms with Gasteiger partial charge in [0.15, 0.2) is 0 Å². The number of hydrogen-bond donors (Lipinski definition) is 2. The predicted octanol–water partition coefficient (Wildman–Crippen LogP) is 2.98. The Morgan fingerprint density at radius 3 is 2.78 bits per heavy atom. The minimum atomic E-state index is -1.04. The van der Waals surface area contributed by atoms with Crippen LogP contribution in [0.4, 0.5) is 0 Å². The highest BCUT2D eigenvalue weighted by atomic mass is 35.5. The first-order chi connectivity index (χ1) is 13.0. The van der Waals surface area contributed by atoms with Crippen molar-refractivity contribution < 1.29 is 24.5 Å². The third kappa shape index (κ3) is 4.25. The summed E-state index contributed by atoms with van der Waals surface area (Å²) >= 11 is 6.40. The first-order valence-corrected chi connectivity index (χ1v) is 9.04. The molecule has 0 radical (unpaired) electrons. The summed E-state index contributed by atoms with van der Waals surface area (Å²) in [7, 11) is 1.45. The van der Waals surface area contributed by atoms with Gasteiger partial charge in [-0.3, -0.25) is 4.90 Å². The first kappa shape index (κ1) is 19.6. The molecule has 0 spiro atoms. The van der Waals surface area contributed by atoms with E-state index >= 15 is 0 Å². The van der Waals surface area contributed by atoms with Crippen LogP contribution in [0.25, 0.3) is 0 Å². The Hall–Kier alpha value is -2.12. The van der Waals surface area contributed by atoms with Crippen molar-refractivity contribution in [1.82, 2.24) is 4.90 Å². The molecule has 0 saturated carbocycles. The van der Waals surface area contributed by atoms with Crippen molar-refractivity contribution in [3.8, 4) is 5.75 Å². The Labute approximate surface area is 162 Å². The van der Waals surface area contributed by atoms with Gasteiger partial charge in [-0.1, -0.05) is 35.9 Å². The molecule has 3 rings (SSSR count). The molecule has 2 N–H and O–H groups in total. The average molecular weight is 392 g/mol. The molecule has 0 aliphatic carbocycles. The Bertz CT molecular complexity index is 813. The van der Waals surface area contributed by atoms with Gasteiger partial charge in [-0.05, 0) is 29.3 Å². The molecule has 1 fully saturated rings. The van der Waals surface area contributed by atoms with Gasteiger partial charge in [0, 0.05) is 18.1 Å². The van der Waals surface area contributed by atoms with E-state index in [-0.39, 0.29) is 18.2 Å². The molecule has 2 atom stereocenters. The summed E-state index contributed by atoms with van der Waals surface area (Å²) in [6.45, 7) is 1.49. The number of halogens is 1. The summed E-state index contributed by atoms with van der Waals surface area (Å²) in [5, 5.41) is 19.8. The van der Waals surface area contributed by atoms with Crippen LogP contribution in [-0.4, -0.2) is 54.1 Å². The molecule has 0 aromatic heterocycles. The molecule has 7 heteroatoms. The molecule has 1 heterocycles. The van der Waals surface area contributed by atoms with Gasteiger partial charge >= 0.3 is 5.97 Å². The molecule has 144 valence electrons. The van der Waals surface area contributed by atoms with Crippen molar-refractivity contribution in [1.29, 1.82) is 0 Å². The molecule has 0 bridgehead atoms. The molecular formula is C20H22ClNO5. The summed E-state index contributed by atoms with van der Waals surface area (Å²) < 4.78 is 10.9. The first-order valence-electron chi connectivity index (χ1n) is 8.66. The number of carboxylic acids is 1. The zero-order chi connectivity index (χ0) is 19.4. The zero-order valence-corrected chi connectivity index (χ0v) is 15.7. The number of aromatic carboxylic acids is 1. The van der Waals surface area contributed by atoms with E-state index in [1.807, 2.05) is 30.3 Å². The summed E-state index contributed by atoms with van der Waals surface area (Å²) in [5.41, 5.74) is 1.84. The molecular weight excluding hydrogens is 370 g/mol. The van der Waals surface area contributed by atoms with Crippen molar-refractivity contribution in [2.45, 2.75) is 18.7 Å². The van der Waals surface area contributed by atoms with Crippen LogP contribution in [0.3, 0.4) is 0 Å². The molecule has 0 amide bonds. The van der Waals surface area contributed by atoms with Crippen molar-refractivity contribution in [3.63, 3.8) is 0 Å². The summed E-state index contributed by atoms with van der Waals surface area (Å²) in [5.74, 6) is -0.712. The van der Waals surface area contributed by atoms with E-state index in [1.54, 1.807) is 12.1 Å². The van der Waals surface area contributed by atoms with Gasteiger partial charge < -0.3 is 19.7 Å². The maximum absolute atomic E-state index is 11.5. The normalized spacial score (nSPS) is 20.4. The van der Waals surface area contributed by atoms with Crippen LogP contribution in [0.15, 0.2) is 42.5 Å². The van der Waals surface area contributed by atoms with Gasteiger partial charge in [0.05, 0.1) is 26.4 Å². The highest BCUT2D eigenvalue weighted by Gasteiger charge is 2.34. The van der Waals surface area contributed by atoms with Crippen LogP contribution in [0, 0.1) is 0 Å². The number of hydrogen-bond acceptors (Lipinski definition) is 5. The van der Waals surface area contributed by atoms with Gasteiger partial charge in [-0.25, -0.2) is 4.79 Å². The van der Waals surface area contributed by atoms with Crippen molar-refractivity contribution in [3.05, 3.63) is 64.2 Å². The largest absolute Gasteiger partial charge is 0.496 e. The molecule has 2 aromatic rings. The minimum absolute atomic E-state index is 0.122. The summed E-state index contributed by atoms with van der Waals surface area (Å²) in [6.07, 6.45) is -0.407. The smallest absolute Gasteiger partial charge is 0.339 e. The zero-order valence-electron chi connectivity index (χ0n) is 15.0. The van der Waals surface area contributed by atoms with Gasteiger partial charge in [0.25, 0.3) is 0 Å². The van der Waals surface area contributed by atoms with Gasteiger partial charge in [-0.2, -0.15) is 0 Å². The van der Waals surface area contributed by atoms with Crippen LogP contribution in [0.1, 0.15) is 27.5 Å². The molecule has 1 saturated heterocycles. The number of methoxy groups -OCH3 is 1. The molecule has 27 heavy (non-hydrogen) atoms. The summed E-state index contributed by atoms with van der Waals surface area (Å²) in [6, 6.07) is 12.4. The number of aliphatic hydroxyl groups is 1. The van der Waals surface area contributed by atoms with Crippen molar-refractivity contribution in [2.24, 2.45) is 0 Å². The van der Waals surface area contributed by atoms with E-state index in [4.69, 9.17) is 21.1 Å². The third-order valence-corrected chi connectivity index (χ3v) is 5.08. The fraction of sp³-hybridized carbons (Fsp3) is 0.350. The molecule has 0 unspecified atom stereocenters. The Morgan fingerprint density at radius 2 is 2.11 bits per heavy atom. The lowest BCUT2D eigenvalue weighted by molar-refractivity contribution is -0.0960. The van der Waals surface area contributed by atoms with E-state index in [9.17, 15) is 15.0 Å². The lowest BCUT2D eigenvalue weighted by atomic mass is 9.97. The number of carboxylic acid groups (broad SMARTS) is 1. The number of carbonyl (C=O) groups is 1. The number of morpholine rings is 1. The van der Waals surface area contributed by atoms with Crippen molar-refractivity contribution in [2.75, 3.05) is 26.9 Å². The minimum Gasteiger partial charge on any atom is -0.496 e. The second-order valence-corrected chi connectivity index (χ2v) is 6.78. The quantitative estimate of drug-likeness (QED) is 0.788. The number of rotatable bonds is 6. The second-order valence-electron chi connectivity index (χ2n) is 6.37. The van der Waals surface area contributed by atoms with Gasteiger partial charge in [-0.15, -0.1) is 0 Å². The lowest BCUT2D eigenvalue weighted by Gasteiger charge is -2.41. The third-order valence-electron chi connectivity index (χ3n) is 4.74. The number of ether oxygens (including phenoxy) is 2. The van der Waals surface area contributed by atoms with E-state index < -0.39 is 12.1 Å². The number of benzene rings is 2. The molecule has 6 nitrogen and oxygen atoms in total. The van der Waals surface area contributed by atoms with E-state index in [0.717, 1.165) is 11.1 Å². The molecule has 2 aromatic carbocycles. The fourth-order valence-electron chi connectivity index (χ4n) is 3.48. The Morgan fingerprint density at radius 1 is 1.33 bits per heavy atom. The monoisotopic (exact) mass is 391 g/mol. The van der Waals surface area contributed by atoms with Gasteiger partial charge in [0.2, 0.25) is 0 Å². The van der Waals surface area contributed by atoms with Crippen LogP contribution < -0.4 is 4.74 Å². The van der Waals surface area contributed by atoms with Crippen molar-refractivity contribution >= 4 is 17.6 Å². The van der Waals surface area contributed by atoms with Crippen LogP contribution in [0.2, 0.25) is 5.02 Å². The Kier molecular flexibility index (Phi) is 6.34. The number of aliphatic hydroxyl groups excluding tert-OH is 1. The maximum atomic E-state index is 11.5. The van der Waals surface area contributed by atoms with Gasteiger partial charge in [0.1, 0.15) is 17.4 Å². The second kappa shape index (κ2) is 8.71. The maximum Gasteiger partial charge on any atom is 0.339 e. The molecule has 1 aliphatic rings. The van der Waals surface area contributed by atoms with E-state index in [0.29, 0.717) is 30.5 Å². The summed E-state index contributed by atoms with van der Waals surface area (Å²) in [4.78, 5) is 13.6. The highest BCUT2D eigenvalue weighted by molar-refractivity contribution is 6.31. The molecule has 1 aliphatic heterocycles. The predicted molar refractivity (Wildman–Crippen MR) is 101 cm³/mol. The average Bonchev–Trinajstić information content (AvgIpc) is 2.68. The van der Waals surface area contributed by atoms with Crippen LogP contribution in [-0.2, 0) is 11.3 Å². The SMILES string of the molecule is COc1ccc(CN2CCO[C@@H](CO)[C@@H]2c2ccccc2Cl)cc1C(=O)O.